The molecule has 0 aromatic carbocycles. The average molecular weight is 276 g/mol. The number of amides is 1. The molecule has 2 N–H and O–H groups in total. The zero-order valence-corrected chi connectivity index (χ0v) is 11.5. The van der Waals surface area contributed by atoms with Gasteiger partial charge in [-0.25, -0.2) is 9.78 Å². The minimum absolute atomic E-state index is 0.0602. The van der Waals surface area contributed by atoms with Crippen molar-refractivity contribution >= 4 is 23.0 Å². The minimum Gasteiger partial charge on any atom is -0.480 e. The second-order valence-corrected chi connectivity index (χ2v) is 4.98. The molecule has 0 aliphatic carbocycles. The van der Waals surface area contributed by atoms with Crippen LogP contribution in [0.1, 0.15) is 30.1 Å². The number of aryl methyl sites for hydroxylation is 1. The summed E-state index contributed by atoms with van der Waals surface area (Å²) in [4.78, 5) is 27.3. The number of rotatable bonds is 4. The molecule has 0 radical (unpaired) electrons. The highest BCUT2D eigenvalue weighted by Crippen LogP contribution is 2.18. The molecule has 6 heteroatoms. The molecule has 2 heterocycles. The third-order valence-electron chi connectivity index (χ3n) is 2.96. The van der Waals surface area contributed by atoms with Crippen LogP contribution < -0.4 is 5.32 Å². The Morgan fingerprint density at radius 1 is 1.35 bits per heavy atom. The van der Waals surface area contributed by atoms with Crippen LogP contribution in [-0.2, 0) is 4.79 Å². The van der Waals surface area contributed by atoms with Crippen LogP contribution in [0.4, 0.5) is 0 Å². The number of nitrogens with zero attached hydrogens (tertiary/aromatic N) is 1. The van der Waals surface area contributed by atoms with Crippen LogP contribution in [0.2, 0.25) is 0 Å². The monoisotopic (exact) mass is 276 g/mol. The molecule has 1 amide bonds. The highest BCUT2D eigenvalue weighted by Gasteiger charge is 2.25. The van der Waals surface area contributed by atoms with Gasteiger partial charge in [-0.3, -0.25) is 4.79 Å². The summed E-state index contributed by atoms with van der Waals surface area (Å²) in [5.41, 5.74) is 1.89. The number of fused-ring (bicyclic) bond motifs is 1. The second kappa shape index (κ2) is 5.32. The van der Waals surface area contributed by atoms with E-state index in [0.717, 1.165) is 5.69 Å². The van der Waals surface area contributed by atoms with Crippen molar-refractivity contribution in [2.45, 2.75) is 26.8 Å². The van der Waals surface area contributed by atoms with Crippen molar-refractivity contribution in [3.8, 4) is 0 Å². The lowest BCUT2D eigenvalue weighted by atomic mass is 10.0. The zero-order valence-electron chi connectivity index (χ0n) is 11.5. The topological polar surface area (TPSA) is 92.4 Å². The van der Waals surface area contributed by atoms with Gasteiger partial charge in [-0.1, -0.05) is 13.8 Å². The van der Waals surface area contributed by atoms with E-state index in [9.17, 15) is 9.59 Å². The van der Waals surface area contributed by atoms with Crippen molar-refractivity contribution in [1.29, 1.82) is 0 Å². The molecule has 2 aromatic rings. The number of carbonyl (C=O) groups excluding carboxylic acids is 1. The van der Waals surface area contributed by atoms with Gasteiger partial charge < -0.3 is 14.8 Å². The number of nitrogens with one attached hydrogen (secondary N) is 1. The number of carboxylic acids is 1. The van der Waals surface area contributed by atoms with Crippen LogP contribution in [0.5, 0.6) is 0 Å². The van der Waals surface area contributed by atoms with Crippen LogP contribution in [0.3, 0.4) is 0 Å². The Morgan fingerprint density at radius 3 is 2.65 bits per heavy atom. The normalized spacial score (nSPS) is 12.6. The molecular weight excluding hydrogens is 260 g/mol. The summed E-state index contributed by atoms with van der Waals surface area (Å²) in [7, 11) is 0. The van der Waals surface area contributed by atoms with E-state index in [-0.39, 0.29) is 11.7 Å². The van der Waals surface area contributed by atoms with Gasteiger partial charge in [-0.15, -0.1) is 0 Å². The molecule has 0 aliphatic rings. The third-order valence-corrected chi connectivity index (χ3v) is 2.96. The van der Waals surface area contributed by atoms with Crippen molar-refractivity contribution in [3.63, 3.8) is 0 Å². The summed E-state index contributed by atoms with van der Waals surface area (Å²) in [6, 6.07) is 4.06. The number of aliphatic carboxylic acids is 1. The molecule has 6 nitrogen and oxygen atoms in total. The SMILES string of the molecule is Cc1ccc2oc(C(=O)NC(C(=O)O)C(C)C)cc2n1. The molecule has 0 saturated heterocycles. The zero-order chi connectivity index (χ0) is 14.9. The number of furan rings is 1. The lowest BCUT2D eigenvalue weighted by Crippen LogP contribution is -2.44. The number of pyridine rings is 1. The third kappa shape index (κ3) is 2.79. The maximum absolute atomic E-state index is 12.0. The Hall–Kier alpha value is -2.37. The molecule has 0 saturated carbocycles. The molecule has 106 valence electrons. The predicted octanol–water partition coefficient (Wildman–Crippen LogP) is 1.98. The standard InChI is InChI=1S/C14H16N2O4/c1-7(2)12(14(18)19)16-13(17)11-6-9-10(20-11)5-4-8(3)15-9/h4-7,12H,1-3H3,(H,16,17)(H,18,19). The largest absolute Gasteiger partial charge is 0.480 e. The molecule has 0 spiro atoms. The van der Waals surface area contributed by atoms with Gasteiger partial charge in [0.1, 0.15) is 11.6 Å². The van der Waals surface area contributed by atoms with E-state index in [2.05, 4.69) is 10.3 Å². The first-order valence-electron chi connectivity index (χ1n) is 6.29. The van der Waals surface area contributed by atoms with E-state index < -0.39 is 17.9 Å². The Morgan fingerprint density at radius 2 is 2.05 bits per heavy atom. The molecule has 2 aromatic heterocycles. The van der Waals surface area contributed by atoms with Gasteiger partial charge in [0.05, 0.1) is 0 Å². The number of carbonyl (C=O) groups is 2. The van der Waals surface area contributed by atoms with Gasteiger partial charge in [0.25, 0.3) is 5.91 Å². The van der Waals surface area contributed by atoms with E-state index in [1.165, 1.54) is 6.07 Å². The molecule has 0 fully saturated rings. The average Bonchev–Trinajstić information content (AvgIpc) is 2.77. The molecular formula is C14H16N2O4. The van der Waals surface area contributed by atoms with Gasteiger partial charge in [0.2, 0.25) is 0 Å². The summed E-state index contributed by atoms with van der Waals surface area (Å²) >= 11 is 0. The summed E-state index contributed by atoms with van der Waals surface area (Å²) in [6.45, 7) is 5.29. The van der Waals surface area contributed by atoms with Gasteiger partial charge in [0, 0.05) is 11.8 Å². The fraction of sp³-hybridized carbons (Fsp3) is 0.357. The van der Waals surface area contributed by atoms with Gasteiger partial charge in [-0.2, -0.15) is 0 Å². The summed E-state index contributed by atoms with van der Waals surface area (Å²) < 4.78 is 5.38. The van der Waals surface area contributed by atoms with E-state index in [0.29, 0.717) is 11.1 Å². The van der Waals surface area contributed by atoms with Crippen LogP contribution in [0.25, 0.3) is 11.1 Å². The number of hydrogen-bond acceptors (Lipinski definition) is 4. The summed E-state index contributed by atoms with van der Waals surface area (Å²) in [6.07, 6.45) is 0. The molecule has 0 aliphatic heterocycles. The second-order valence-electron chi connectivity index (χ2n) is 4.98. The van der Waals surface area contributed by atoms with Crippen LogP contribution >= 0.6 is 0 Å². The van der Waals surface area contributed by atoms with Crippen LogP contribution in [-0.4, -0.2) is 28.0 Å². The smallest absolute Gasteiger partial charge is 0.326 e. The van der Waals surface area contributed by atoms with Gasteiger partial charge >= 0.3 is 5.97 Å². The molecule has 1 unspecified atom stereocenters. The minimum atomic E-state index is -1.07. The molecule has 1 atom stereocenters. The van der Waals surface area contributed by atoms with Crippen molar-refractivity contribution in [1.82, 2.24) is 10.3 Å². The number of hydrogen-bond donors (Lipinski definition) is 2. The Labute approximate surface area is 115 Å². The fourth-order valence-corrected chi connectivity index (χ4v) is 1.86. The molecule has 20 heavy (non-hydrogen) atoms. The number of carboxylic acid groups (broad SMARTS) is 1. The Kier molecular flexibility index (Phi) is 3.74. The first-order valence-corrected chi connectivity index (χ1v) is 6.29. The first kappa shape index (κ1) is 14.0. The molecule has 0 bridgehead atoms. The highest BCUT2D eigenvalue weighted by molar-refractivity contribution is 5.97. The summed E-state index contributed by atoms with van der Waals surface area (Å²) in [5.74, 6) is -1.79. The van der Waals surface area contributed by atoms with Gasteiger partial charge in [-0.05, 0) is 25.0 Å². The maximum Gasteiger partial charge on any atom is 0.326 e. The first-order chi connectivity index (χ1) is 9.38. The predicted molar refractivity (Wildman–Crippen MR) is 72.5 cm³/mol. The van der Waals surface area contributed by atoms with E-state index >= 15 is 0 Å². The van der Waals surface area contributed by atoms with Crippen molar-refractivity contribution in [2.75, 3.05) is 0 Å². The van der Waals surface area contributed by atoms with Crippen LogP contribution in [0, 0.1) is 12.8 Å². The lowest BCUT2D eigenvalue weighted by molar-refractivity contribution is -0.140. The van der Waals surface area contributed by atoms with Crippen molar-refractivity contribution < 1.29 is 19.1 Å². The lowest BCUT2D eigenvalue weighted by Gasteiger charge is -2.16. The van der Waals surface area contributed by atoms with E-state index in [1.54, 1.807) is 26.0 Å². The fourth-order valence-electron chi connectivity index (χ4n) is 1.86. The maximum atomic E-state index is 12.0. The van der Waals surface area contributed by atoms with Crippen molar-refractivity contribution in [2.24, 2.45) is 5.92 Å². The van der Waals surface area contributed by atoms with Crippen LogP contribution in [0.15, 0.2) is 22.6 Å². The van der Waals surface area contributed by atoms with Crippen molar-refractivity contribution in [3.05, 3.63) is 29.7 Å². The number of aromatic nitrogens is 1. The quantitative estimate of drug-likeness (QED) is 0.890. The van der Waals surface area contributed by atoms with Gasteiger partial charge in [0.15, 0.2) is 11.3 Å². The summed E-state index contributed by atoms with van der Waals surface area (Å²) in [5, 5.41) is 11.5. The molecule has 2 rings (SSSR count). The van der Waals surface area contributed by atoms with E-state index in [4.69, 9.17) is 9.52 Å². The Balaban J connectivity index is 2.25. The Bertz CT molecular complexity index is 660. The highest BCUT2D eigenvalue weighted by atomic mass is 16.4. The van der Waals surface area contributed by atoms with E-state index in [1.807, 2.05) is 6.92 Å².